The molecule has 0 spiro atoms. The van der Waals surface area contributed by atoms with Gasteiger partial charge in [0.25, 0.3) is 0 Å². The Morgan fingerprint density at radius 2 is 2.43 bits per heavy atom. The van der Waals surface area contributed by atoms with Crippen molar-refractivity contribution < 1.29 is 4.79 Å². The minimum Gasteiger partial charge on any atom is -0.302 e. The van der Waals surface area contributed by atoms with Crippen LogP contribution < -0.4 is 0 Å². The van der Waals surface area contributed by atoms with Gasteiger partial charge in [-0.25, -0.2) is 0 Å². The zero-order valence-corrected chi connectivity index (χ0v) is 4.35. The first kappa shape index (κ1) is 4.57. The first-order chi connectivity index (χ1) is 3.27. The summed E-state index contributed by atoms with van der Waals surface area (Å²) in [5.41, 5.74) is -0.0972. The topological polar surface area (TPSA) is 17.1 Å². The number of hydrogen-bond acceptors (Lipinski definition) is 1. The molecule has 0 radical (unpaired) electrons. The lowest BCUT2D eigenvalue weighted by molar-refractivity contribution is -0.113. The van der Waals surface area contributed by atoms with Gasteiger partial charge in [-0.3, -0.25) is 0 Å². The number of allylic oxidation sites excluding steroid dienone is 2. The summed E-state index contributed by atoms with van der Waals surface area (Å²) in [6.07, 6.45) is 5.86. The van der Waals surface area contributed by atoms with E-state index in [0.717, 1.165) is 12.7 Å². The number of hydrogen-bond donors (Lipinski definition) is 0. The standard InChI is InChI=1S/C6H8O/c1-6(5-7)3-2-4-6/h2-3,5H,4H2,1H3/t6-/m1/s1. The van der Waals surface area contributed by atoms with Crippen LogP contribution in [0.4, 0.5) is 0 Å². The molecule has 1 nitrogen and oxygen atoms in total. The van der Waals surface area contributed by atoms with Crippen LogP contribution in [0.3, 0.4) is 0 Å². The third kappa shape index (κ3) is 0.581. The van der Waals surface area contributed by atoms with Gasteiger partial charge in [-0.05, 0) is 13.3 Å². The highest BCUT2D eigenvalue weighted by atomic mass is 16.1. The van der Waals surface area contributed by atoms with Gasteiger partial charge >= 0.3 is 0 Å². The van der Waals surface area contributed by atoms with Crippen LogP contribution >= 0.6 is 0 Å². The Kier molecular flexibility index (Phi) is 0.775. The summed E-state index contributed by atoms with van der Waals surface area (Å²) in [7, 11) is 0. The Balaban J connectivity index is 2.64. The lowest BCUT2D eigenvalue weighted by Crippen LogP contribution is -2.19. The summed E-state index contributed by atoms with van der Waals surface area (Å²) in [6, 6.07) is 0. The van der Waals surface area contributed by atoms with Gasteiger partial charge in [0.15, 0.2) is 0 Å². The molecule has 1 heteroatoms. The fourth-order valence-corrected chi connectivity index (χ4v) is 0.577. The Morgan fingerprint density at radius 3 is 2.43 bits per heavy atom. The third-order valence-electron chi connectivity index (χ3n) is 1.33. The average Bonchev–Trinajstić information content (AvgIpc) is 1.61. The zero-order valence-electron chi connectivity index (χ0n) is 4.35. The number of carbonyl (C=O) groups is 1. The van der Waals surface area contributed by atoms with Gasteiger partial charge in [0.1, 0.15) is 6.29 Å². The second kappa shape index (κ2) is 1.19. The van der Waals surface area contributed by atoms with Crippen LogP contribution in [0.2, 0.25) is 0 Å². The van der Waals surface area contributed by atoms with Crippen molar-refractivity contribution in [3.8, 4) is 0 Å². The van der Waals surface area contributed by atoms with E-state index in [0.29, 0.717) is 0 Å². The molecule has 0 bridgehead atoms. The second-order valence-electron chi connectivity index (χ2n) is 2.23. The van der Waals surface area contributed by atoms with Crippen molar-refractivity contribution in [2.24, 2.45) is 5.41 Å². The van der Waals surface area contributed by atoms with E-state index in [1.54, 1.807) is 0 Å². The maximum absolute atomic E-state index is 10.1. The molecule has 0 aromatic heterocycles. The van der Waals surface area contributed by atoms with Crippen molar-refractivity contribution in [3.63, 3.8) is 0 Å². The van der Waals surface area contributed by atoms with Crippen molar-refractivity contribution >= 4 is 6.29 Å². The van der Waals surface area contributed by atoms with Crippen molar-refractivity contribution in [1.82, 2.24) is 0 Å². The van der Waals surface area contributed by atoms with Crippen LogP contribution in [-0.2, 0) is 4.79 Å². The molecule has 1 atom stereocenters. The Labute approximate surface area is 43.0 Å². The molecule has 0 saturated heterocycles. The van der Waals surface area contributed by atoms with Crippen molar-refractivity contribution in [2.75, 3.05) is 0 Å². The van der Waals surface area contributed by atoms with E-state index in [2.05, 4.69) is 0 Å². The van der Waals surface area contributed by atoms with Crippen LogP contribution in [0.25, 0.3) is 0 Å². The van der Waals surface area contributed by atoms with Gasteiger partial charge in [0.2, 0.25) is 0 Å². The molecule has 0 aromatic carbocycles. The van der Waals surface area contributed by atoms with Crippen LogP contribution in [0.5, 0.6) is 0 Å². The normalized spacial score (nSPS) is 37.3. The molecule has 1 aliphatic carbocycles. The molecular formula is C6H8O. The summed E-state index contributed by atoms with van der Waals surface area (Å²) < 4.78 is 0. The molecule has 0 fully saturated rings. The van der Waals surface area contributed by atoms with Crippen molar-refractivity contribution in [2.45, 2.75) is 13.3 Å². The lowest BCUT2D eigenvalue weighted by Gasteiger charge is -2.23. The summed E-state index contributed by atoms with van der Waals surface area (Å²) in [4.78, 5) is 10.1. The van der Waals surface area contributed by atoms with Gasteiger partial charge in [-0.15, -0.1) is 0 Å². The average molecular weight is 96.1 g/mol. The van der Waals surface area contributed by atoms with Crippen LogP contribution in [0.1, 0.15) is 13.3 Å². The molecule has 0 amide bonds. The highest BCUT2D eigenvalue weighted by Gasteiger charge is 2.23. The van der Waals surface area contributed by atoms with Gasteiger partial charge in [-0.2, -0.15) is 0 Å². The Hall–Kier alpha value is -0.590. The van der Waals surface area contributed by atoms with Crippen LogP contribution in [0, 0.1) is 5.41 Å². The van der Waals surface area contributed by atoms with Crippen LogP contribution in [-0.4, -0.2) is 6.29 Å². The first-order valence-corrected chi connectivity index (χ1v) is 2.41. The van der Waals surface area contributed by atoms with Gasteiger partial charge in [0.05, 0.1) is 0 Å². The molecule has 0 N–H and O–H groups in total. The number of carbonyl (C=O) groups excluding carboxylic acids is 1. The summed E-state index contributed by atoms with van der Waals surface area (Å²) in [6.45, 7) is 1.93. The molecule has 0 heterocycles. The second-order valence-corrected chi connectivity index (χ2v) is 2.23. The SMILES string of the molecule is C[C@@]1(C=O)C=CC1. The predicted molar refractivity (Wildman–Crippen MR) is 27.9 cm³/mol. The largest absolute Gasteiger partial charge is 0.302 e. The number of aldehydes is 1. The number of rotatable bonds is 1. The molecule has 0 aromatic rings. The molecule has 38 valence electrons. The van der Waals surface area contributed by atoms with Crippen LogP contribution in [0.15, 0.2) is 12.2 Å². The Morgan fingerprint density at radius 1 is 1.86 bits per heavy atom. The molecule has 0 saturated carbocycles. The van der Waals surface area contributed by atoms with E-state index in [-0.39, 0.29) is 5.41 Å². The maximum Gasteiger partial charge on any atom is 0.129 e. The van der Waals surface area contributed by atoms with E-state index in [4.69, 9.17) is 0 Å². The lowest BCUT2D eigenvalue weighted by atomic mass is 9.80. The maximum atomic E-state index is 10.1. The molecule has 7 heavy (non-hydrogen) atoms. The zero-order chi connectivity index (χ0) is 5.33. The highest BCUT2D eigenvalue weighted by molar-refractivity contribution is 5.64. The minimum absolute atomic E-state index is 0.0972. The van der Waals surface area contributed by atoms with Crippen molar-refractivity contribution in [1.29, 1.82) is 0 Å². The van der Waals surface area contributed by atoms with E-state index in [1.807, 2.05) is 19.1 Å². The molecule has 1 aliphatic rings. The first-order valence-electron chi connectivity index (χ1n) is 2.41. The fourth-order valence-electron chi connectivity index (χ4n) is 0.577. The summed E-state index contributed by atoms with van der Waals surface area (Å²) in [5, 5.41) is 0. The van der Waals surface area contributed by atoms with E-state index < -0.39 is 0 Å². The van der Waals surface area contributed by atoms with Gasteiger partial charge in [0, 0.05) is 5.41 Å². The predicted octanol–water partition coefficient (Wildman–Crippen LogP) is 1.15. The monoisotopic (exact) mass is 96.1 g/mol. The summed E-state index contributed by atoms with van der Waals surface area (Å²) in [5.74, 6) is 0. The molecular weight excluding hydrogens is 88.1 g/mol. The molecule has 0 unspecified atom stereocenters. The molecule has 0 aliphatic heterocycles. The van der Waals surface area contributed by atoms with Gasteiger partial charge in [-0.1, -0.05) is 12.2 Å². The quantitative estimate of drug-likeness (QED) is 0.353. The van der Waals surface area contributed by atoms with E-state index >= 15 is 0 Å². The van der Waals surface area contributed by atoms with Gasteiger partial charge < -0.3 is 4.79 Å². The van der Waals surface area contributed by atoms with E-state index in [1.165, 1.54) is 0 Å². The summed E-state index contributed by atoms with van der Waals surface area (Å²) >= 11 is 0. The molecule has 1 rings (SSSR count). The fraction of sp³-hybridized carbons (Fsp3) is 0.500. The third-order valence-corrected chi connectivity index (χ3v) is 1.33. The Bertz CT molecular complexity index is 115. The smallest absolute Gasteiger partial charge is 0.129 e. The van der Waals surface area contributed by atoms with E-state index in [9.17, 15) is 4.79 Å². The highest BCUT2D eigenvalue weighted by Crippen LogP contribution is 2.28. The van der Waals surface area contributed by atoms with Crippen molar-refractivity contribution in [3.05, 3.63) is 12.2 Å². The minimum atomic E-state index is -0.0972.